The van der Waals surface area contributed by atoms with Crippen LogP contribution in [-0.2, 0) is 10.7 Å². The number of benzene rings is 1. The Balaban J connectivity index is 2.00. The van der Waals surface area contributed by atoms with Gasteiger partial charge in [0, 0.05) is 5.56 Å². The first kappa shape index (κ1) is 16.0. The molecule has 0 aliphatic heterocycles. The van der Waals surface area contributed by atoms with E-state index in [1.54, 1.807) is 6.07 Å². The lowest BCUT2D eigenvalue weighted by molar-refractivity contribution is -0.147. The van der Waals surface area contributed by atoms with Crippen molar-refractivity contribution in [2.45, 2.75) is 12.0 Å². The summed E-state index contributed by atoms with van der Waals surface area (Å²) >= 11 is 0. The van der Waals surface area contributed by atoms with Crippen molar-refractivity contribution in [1.82, 2.24) is 5.32 Å². The molecule has 0 aliphatic carbocycles. The zero-order chi connectivity index (χ0) is 16.2. The first-order chi connectivity index (χ1) is 10.4. The topological polar surface area (TPSA) is 71.7 Å². The molecule has 1 atom stereocenters. The van der Waals surface area contributed by atoms with E-state index in [4.69, 9.17) is 9.15 Å². The number of aliphatic hydroxyl groups excluding tert-OH is 1. The number of hydrogen-bond donors (Lipinski definition) is 2. The minimum atomic E-state index is -3.71. The summed E-state index contributed by atoms with van der Waals surface area (Å²) in [5, 5.41) is 11.7. The van der Waals surface area contributed by atoms with Crippen LogP contribution in [0, 0.1) is 0 Å². The molecule has 2 aromatic rings. The zero-order valence-electron chi connectivity index (χ0n) is 11.8. The number of carbonyl (C=O) groups excluding carboxylic acids is 1. The SMILES string of the molecule is COc1ccc(C(F)(F)C(=O)NCC(O)c2ccco2)cc1. The van der Waals surface area contributed by atoms with Gasteiger partial charge in [-0.1, -0.05) is 0 Å². The van der Waals surface area contributed by atoms with Crippen LogP contribution in [0.15, 0.2) is 47.1 Å². The third kappa shape index (κ3) is 3.43. The van der Waals surface area contributed by atoms with Gasteiger partial charge >= 0.3 is 5.92 Å². The van der Waals surface area contributed by atoms with E-state index in [0.29, 0.717) is 5.75 Å². The van der Waals surface area contributed by atoms with Gasteiger partial charge in [0.2, 0.25) is 0 Å². The number of nitrogens with one attached hydrogen (secondary N) is 1. The van der Waals surface area contributed by atoms with Crippen LogP contribution in [0.1, 0.15) is 17.4 Å². The maximum absolute atomic E-state index is 14.0. The number of hydrogen-bond acceptors (Lipinski definition) is 4. The van der Waals surface area contributed by atoms with Crippen LogP contribution in [0.2, 0.25) is 0 Å². The summed E-state index contributed by atoms with van der Waals surface area (Å²) in [7, 11) is 1.41. The van der Waals surface area contributed by atoms with Crippen LogP contribution >= 0.6 is 0 Å². The van der Waals surface area contributed by atoms with Crippen LogP contribution < -0.4 is 10.1 Å². The van der Waals surface area contributed by atoms with Crippen LogP contribution in [0.25, 0.3) is 0 Å². The van der Waals surface area contributed by atoms with Crippen molar-refractivity contribution in [1.29, 1.82) is 0 Å². The largest absolute Gasteiger partial charge is 0.497 e. The van der Waals surface area contributed by atoms with Gasteiger partial charge in [-0.2, -0.15) is 8.78 Å². The van der Waals surface area contributed by atoms with Crippen molar-refractivity contribution in [3.8, 4) is 5.75 Å². The molecule has 1 aromatic carbocycles. The van der Waals surface area contributed by atoms with Crippen LogP contribution in [0.3, 0.4) is 0 Å². The molecule has 0 saturated heterocycles. The second-order valence-electron chi connectivity index (χ2n) is 4.54. The molecule has 1 heterocycles. The molecule has 0 saturated carbocycles. The molecule has 0 bridgehead atoms. The minimum absolute atomic E-state index is 0.188. The van der Waals surface area contributed by atoms with Crippen molar-refractivity contribution in [3.63, 3.8) is 0 Å². The number of rotatable bonds is 6. The van der Waals surface area contributed by atoms with Crippen molar-refractivity contribution in [2.24, 2.45) is 0 Å². The number of ether oxygens (including phenoxy) is 1. The predicted octanol–water partition coefficient (Wildman–Crippen LogP) is 2.23. The molecule has 1 amide bonds. The molecule has 1 aromatic heterocycles. The molecule has 118 valence electrons. The summed E-state index contributed by atoms with van der Waals surface area (Å²) in [6.45, 7) is -0.377. The number of amides is 1. The second kappa shape index (κ2) is 6.57. The van der Waals surface area contributed by atoms with Gasteiger partial charge in [0.1, 0.15) is 17.6 Å². The summed E-state index contributed by atoms with van der Waals surface area (Å²) in [6.07, 6.45) is 0.150. The molecule has 2 N–H and O–H groups in total. The third-order valence-corrected chi connectivity index (χ3v) is 3.07. The Hall–Kier alpha value is -2.41. The van der Waals surface area contributed by atoms with Crippen molar-refractivity contribution in [2.75, 3.05) is 13.7 Å². The lowest BCUT2D eigenvalue weighted by atomic mass is 10.1. The van der Waals surface area contributed by atoms with Crippen molar-refractivity contribution < 1.29 is 27.8 Å². The van der Waals surface area contributed by atoms with Gasteiger partial charge in [-0.3, -0.25) is 4.79 Å². The number of halogens is 2. The summed E-state index contributed by atoms with van der Waals surface area (Å²) in [5.74, 6) is -4.61. The average Bonchev–Trinajstić information content (AvgIpc) is 3.06. The van der Waals surface area contributed by atoms with Crippen molar-refractivity contribution >= 4 is 5.91 Å². The fraction of sp³-hybridized carbons (Fsp3) is 0.267. The van der Waals surface area contributed by atoms with Gasteiger partial charge in [-0.15, -0.1) is 0 Å². The number of carbonyl (C=O) groups is 1. The van der Waals surface area contributed by atoms with E-state index in [2.05, 4.69) is 0 Å². The molecular weight excluding hydrogens is 296 g/mol. The van der Waals surface area contributed by atoms with Crippen molar-refractivity contribution in [3.05, 3.63) is 54.0 Å². The lowest BCUT2D eigenvalue weighted by Gasteiger charge is -2.17. The molecule has 0 aliphatic rings. The fourth-order valence-electron chi connectivity index (χ4n) is 1.81. The molecule has 2 rings (SSSR count). The Morgan fingerprint density at radius 2 is 2.05 bits per heavy atom. The zero-order valence-corrected chi connectivity index (χ0v) is 11.8. The molecular formula is C15H15F2NO4. The van der Waals surface area contributed by atoms with E-state index in [0.717, 1.165) is 12.1 Å². The molecule has 7 heteroatoms. The van der Waals surface area contributed by atoms with Crippen LogP contribution in [0.4, 0.5) is 8.78 Å². The van der Waals surface area contributed by atoms with Crippen LogP contribution in [0.5, 0.6) is 5.75 Å². The standard InChI is InChI=1S/C15H15F2NO4/c1-21-11-6-4-10(5-7-11)15(16,17)14(20)18-9-12(19)13-3-2-8-22-13/h2-8,12,19H,9H2,1H3,(H,18,20). The maximum Gasteiger partial charge on any atom is 0.349 e. The lowest BCUT2D eigenvalue weighted by Crippen LogP contribution is -2.40. The third-order valence-electron chi connectivity index (χ3n) is 3.07. The smallest absolute Gasteiger partial charge is 0.349 e. The predicted molar refractivity (Wildman–Crippen MR) is 73.6 cm³/mol. The highest BCUT2D eigenvalue weighted by atomic mass is 19.3. The molecule has 1 unspecified atom stereocenters. The maximum atomic E-state index is 14.0. The van der Waals surface area contributed by atoms with E-state index in [9.17, 15) is 18.7 Å². The van der Waals surface area contributed by atoms with Gasteiger partial charge in [-0.05, 0) is 36.4 Å². The van der Waals surface area contributed by atoms with Gasteiger partial charge in [0.15, 0.2) is 0 Å². The summed E-state index contributed by atoms with van der Waals surface area (Å²) < 4.78 is 37.8. The highest BCUT2D eigenvalue weighted by molar-refractivity contribution is 5.84. The Labute approximate surface area is 125 Å². The molecule has 0 radical (unpaired) electrons. The number of alkyl halides is 2. The Kier molecular flexibility index (Phi) is 4.77. The molecule has 22 heavy (non-hydrogen) atoms. The van der Waals surface area contributed by atoms with Gasteiger partial charge < -0.3 is 19.6 Å². The van der Waals surface area contributed by atoms with E-state index < -0.39 is 23.5 Å². The van der Waals surface area contributed by atoms with Crippen LogP contribution in [-0.4, -0.2) is 24.7 Å². The van der Waals surface area contributed by atoms with E-state index in [1.807, 2.05) is 5.32 Å². The highest BCUT2D eigenvalue weighted by Crippen LogP contribution is 2.29. The highest BCUT2D eigenvalue weighted by Gasteiger charge is 2.40. The van der Waals surface area contributed by atoms with E-state index in [1.165, 1.54) is 31.6 Å². The number of furan rings is 1. The normalized spacial score (nSPS) is 12.7. The van der Waals surface area contributed by atoms with Gasteiger partial charge in [0.05, 0.1) is 19.9 Å². The summed E-state index contributed by atoms with van der Waals surface area (Å²) in [5.41, 5.74) is -0.460. The average molecular weight is 311 g/mol. The number of methoxy groups -OCH3 is 1. The first-order valence-corrected chi connectivity index (χ1v) is 6.47. The number of aliphatic hydroxyl groups is 1. The first-order valence-electron chi connectivity index (χ1n) is 6.47. The Bertz CT molecular complexity index is 611. The van der Waals surface area contributed by atoms with E-state index >= 15 is 0 Å². The summed E-state index contributed by atoms with van der Waals surface area (Å²) in [4.78, 5) is 11.7. The molecule has 5 nitrogen and oxygen atoms in total. The second-order valence-corrected chi connectivity index (χ2v) is 4.54. The van der Waals surface area contributed by atoms with E-state index in [-0.39, 0.29) is 12.3 Å². The Morgan fingerprint density at radius 1 is 1.36 bits per heavy atom. The molecule has 0 spiro atoms. The van der Waals surface area contributed by atoms with Gasteiger partial charge in [-0.25, -0.2) is 0 Å². The quantitative estimate of drug-likeness (QED) is 0.858. The monoisotopic (exact) mass is 311 g/mol. The minimum Gasteiger partial charge on any atom is -0.497 e. The van der Waals surface area contributed by atoms with Gasteiger partial charge in [0.25, 0.3) is 5.91 Å². The summed E-state index contributed by atoms with van der Waals surface area (Å²) in [6, 6.07) is 7.94. The molecule has 0 fully saturated rings. The fourth-order valence-corrected chi connectivity index (χ4v) is 1.81. The Morgan fingerprint density at radius 3 is 2.59 bits per heavy atom.